The van der Waals surface area contributed by atoms with Gasteiger partial charge in [-0.1, -0.05) is 13.8 Å². The molecule has 0 unspecified atom stereocenters. The highest BCUT2D eigenvalue weighted by atomic mass is 16.8. The van der Waals surface area contributed by atoms with Gasteiger partial charge in [-0.3, -0.25) is 0 Å². The van der Waals surface area contributed by atoms with Crippen molar-refractivity contribution in [2.24, 2.45) is 0 Å². The molecule has 5 nitrogen and oxygen atoms in total. The van der Waals surface area contributed by atoms with Crippen molar-refractivity contribution in [3.8, 4) is 0 Å². The summed E-state index contributed by atoms with van der Waals surface area (Å²) < 4.78 is 27.0. The van der Waals surface area contributed by atoms with Crippen LogP contribution in [0, 0.1) is 0 Å². The van der Waals surface area contributed by atoms with E-state index in [-0.39, 0.29) is 0 Å². The fourth-order valence-electron chi connectivity index (χ4n) is 1.47. The summed E-state index contributed by atoms with van der Waals surface area (Å²) >= 11 is 0. The minimum Gasteiger partial charge on any atom is -0.491 e. The summed E-state index contributed by atoms with van der Waals surface area (Å²) in [6, 6.07) is 0. The first-order valence-corrected chi connectivity index (χ1v) is 6.65. The molecule has 0 aliphatic carbocycles. The number of methoxy groups -OCH3 is 2. The van der Waals surface area contributed by atoms with Gasteiger partial charge in [-0.05, 0) is 13.8 Å². The summed E-state index contributed by atoms with van der Waals surface area (Å²) in [5, 5.41) is 0. The van der Waals surface area contributed by atoms with E-state index in [2.05, 4.69) is 0 Å². The third-order valence-corrected chi connectivity index (χ3v) is 2.29. The van der Waals surface area contributed by atoms with E-state index in [1.807, 2.05) is 27.7 Å². The molecule has 0 aliphatic rings. The Hall–Kier alpha value is -1.52. The second-order valence-corrected chi connectivity index (χ2v) is 3.50. The molecule has 0 rings (SSSR count). The average Bonchev–Trinajstić information content (AvgIpc) is 2.44. The topological polar surface area (TPSA) is 46.2 Å². The van der Waals surface area contributed by atoms with Gasteiger partial charge in [0.15, 0.2) is 11.5 Å². The van der Waals surface area contributed by atoms with E-state index in [1.54, 1.807) is 0 Å². The van der Waals surface area contributed by atoms with Gasteiger partial charge in [0.1, 0.15) is 0 Å². The zero-order chi connectivity index (χ0) is 14.7. The molecule has 0 atom stereocenters. The molecule has 0 bridgehead atoms. The van der Waals surface area contributed by atoms with E-state index in [1.165, 1.54) is 14.2 Å². The summed E-state index contributed by atoms with van der Waals surface area (Å²) in [6.45, 7) is 8.86. The highest BCUT2D eigenvalue weighted by Gasteiger charge is 2.16. The number of rotatable bonds is 10. The third-order valence-electron chi connectivity index (χ3n) is 2.29. The predicted molar refractivity (Wildman–Crippen MR) is 73.0 cm³/mol. The van der Waals surface area contributed by atoms with Crippen molar-refractivity contribution in [2.75, 3.05) is 27.4 Å². The lowest BCUT2D eigenvalue weighted by atomic mass is 10.4. The van der Waals surface area contributed by atoms with Crippen LogP contribution >= 0.6 is 0 Å². The molecule has 0 heterocycles. The fourth-order valence-corrected chi connectivity index (χ4v) is 1.47. The van der Waals surface area contributed by atoms with Crippen molar-refractivity contribution >= 4 is 0 Å². The Morgan fingerprint density at radius 2 is 1.05 bits per heavy atom. The maximum atomic E-state index is 5.62. The molecule has 0 spiro atoms. The molecular formula is C14H26O5. The molecule has 0 saturated carbocycles. The van der Waals surface area contributed by atoms with Crippen LogP contribution in [0.15, 0.2) is 23.4 Å². The Morgan fingerprint density at radius 3 is 1.26 bits per heavy atom. The van der Waals surface area contributed by atoms with Crippen LogP contribution in [0.3, 0.4) is 0 Å². The number of ether oxygens (including phenoxy) is 5. The molecule has 19 heavy (non-hydrogen) atoms. The van der Waals surface area contributed by atoms with Gasteiger partial charge in [0.25, 0.3) is 0 Å². The highest BCUT2D eigenvalue weighted by Crippen LogP contribution is 2.20. The molecule has 0 aromatic rings. The minimum atomic E-state index is 0.298. The van der Waals surface area contributed by atoms with Gasteiger partial charge in [0.05, 0.1) is 27.4 Å². The minimum absolute atomic E-state index is 0.298. The van der Waals surface area contributed by atoms with Crippen LogP contribution in [0.1, 0.15) is 40.5 Å². The molecule has 0 N–H and O–H groups in total. The van der Waals surface area contributed by atoms with Crippen molar-refractivity contribution < 1.29 is 23.7 Å². The molecule has 5 heteroatoms. The summed E-state index contributed by atoms with van der Waals surface area (Å²) in [4.78, 5) is 0. The molecule has 0 fully saturated rings. The first kappa shape index (κ1) is 17.5. The lowest BCUT2D eigenvalue weighted by molar-refractivity contribution is -0.00688. The van der Waals surface area contributed by atoms with Crippen molar-refractivity contribution in [3.05, 3.63) is 23.4 Å². The van der Waals surface area contributed by atoms with Crippen molar-refractivity contribution in [2.45, 2.75) is 40.5 Å². The zero-order valence-electron chi connectivity index (χ0n) is 12.9. The lowest BCUT2D eigenvalue weighted by Gasteiger charge is -2.17. The van der Waals surface area contributed by atoms with Gasteiger partial charge in [0.2, 0.25) is 0 Å². The van der Waals surface area contributed by atoms with Gasteiger partial charge >= 0.3 is 11.9 Å². The summed E-state index contributed by atoms with van der Waals surface area (Å²) in [6.07, 6.45) is 1.34. The van der Waals surface area contributed by atoms with Crippen LogP contribution in [0.25, 0.3) is 0 Å². The van der Waals surface area contributed by atoms with E-state index in [0.717, 1.165) is 0 Å². The molecule has 0 radical (unpaired) electrons. The van der Waals surface area contributed by atoms with Crippen LogP contribution in [0.4, 0.5) is 0 Å². The molecule has 0 aromatic heterocycles. The fraction of sp³-hybridized carbons (Fsp3) is 0.714. The maximum absolute atomic E-state index is 5.62. The standard InChI is InChI=1S/C14H26O5/c1-7-11(17-9-3)13(15-5)19-14(16-6)12(8-2)18-10-4/h7-10H2,1-6H3. The van der Waals surface area contributed by atoms with Crippen molar-refractivity contribution in [1.29, 1.82) is 0 Å². The SMILES string of the molecule is CCOC(CC)=C(OC)OC(OC)=C(CC)OCC. The third kappa shape index (κ3) is 5.77. The van der Waals surface area contributed by atoms with Crippen LogP contribution in [0.5, 0.6) is 0 Å². The molecule has 0 saturated heterocycles. The predicted octanol–water partition coefficient (Wildman–Crippen LogP) is 3.53. The van der Waals surface area contributed by atoms with Crippen molar-refractivity contribution in [3.63, 3.8) is 0 Å². The summed E-state index contributed by atoms with van der Waals surface area (Å²) in [5.41, 5.74) is 0. The first-order chi connectivity index (χ1) is 9.18. The first-order valence-electron chi connectivity index (χ1n) is 6.65. The second-order valence-electron chi connectivity index (χ2n) is 3.50. The largest absolute Gasteiger partial charge is 0.491 e. The molecule has 112 valence electrons. The highest BCUT2D eigenvalue weighted by molar-refractivity contribution is 5.01. The molecule has 0 aromatic carbocycles. The van der Waals surface area contributed by atoms with Crippen LogP contribution in [-0.4, -0.2) is 27.4 Å². The monoisotopic (exact) mass is 274 g/mol. The van der Waals surface area contributed by atoms with Gasteiger partial charge in [-0.2, -0.15) is 0 Å². The van der Waals surface area contributed by atoms with E-state index in [0.29, 0.717) is 49.5 Å². The maximum Gasteiger partial charge on any atom is 0.326 e. The van der Waals surface area contributed by atoms with Gasteiger partial charge in [0, 0.05) is 12.8 Å². The zero-order valence-corrected chi connectivity index (χ0v) is 12.9. The number of hydrogen-bond acceptors (Lipinski definition) is 5. The van der Waals surface area contributed by atoms with Gasteiger partial charge < -0.3 is 23.7 Å². The van der Waals surface area contributed by atoms with Crippen LogP contribution < -0.4 is 0 Å². The Balaban J connectivity index is 5.19. The van der Waals surface area contributed by atoms with Gasteiger partial charge in [-0.25, -0.2) is 0 Å². The van der Waals surface area contributed by atoms with E-state index in [4.69, 9.17) is 23.7 Å². The number of allylic oxidation sites excluding steroid dienone is 2. The Kier molecular flexibility index (Phi) is 9.57. The van der Waals surface area contributed by atoms with E-state index >= 15 is 0 Å². The van der Waals surface area contributed by atoms with Crippen LogP contribution in [-0.2, 0) is 23.7 Å². The molecular weight excluding hydrogens is 248 g/mol. The Bertz CT molecular complexity index is 277. The number of hydrogen-bond donors (Lipinski definition) is 0. The smallest absolute Gasteiger partial charge is 0.326 e. The van der Waals surface area contributed by atoms with E-state index in [9.17, 15) is 0 Å². The second kappa shape index (κ2) is 10.4. The Morgan fingerprint density at radius 1 is 0.684 bits per heavy atom. The normalized spacial score (nSPS) is 13.2. The van der Waals surface area contributed by atoms with Crippen molar-refractivity contribution in [1.82, 2.24) is 0 Å². The average molecular weight is 274 g/mol. The van der Waals surface area contributed by atoms with Gasteiger partial charge in [-0.15, -0.1) is 0 Å². The molecule has 0 amide bonds. The quantitative estimate of drug-likeness (QED) is 0.570. The van der Waals surface area contributed by atoms with Crippen LogP contribution in [0.2, 0.25) is 0 Å². The summed E-state index contributed by atoms with van der Waals surface area (Å²) in [5.74, 6) is 1.89. The Labute approximate surface area is 116 Å². The molecule has 0 aliphatic heterocycles. The summed E-state index contributed by atoms with van der Waals surface area (Å²) in [7, 11) is 3.06. The lowest BCUT2D eigenvalue weighted by Crippen LogP contribution is -2.07. The van der Waals surface area contributed by atoms with E-state index < -0.39 is 0 Å².